The molecule has 1 atom stereocenters. The first kappa shape index (κ1) is 17.6. The largest absolute Gasteiger partial charge is 0.352 e. The maximum Gasteiger partial charge on any atom is 0.238 e. The SMILES string of the molecule is Cc1ccc2sc(C3CC4(CC(NC(=O)C5CCS(=O)(=O)N5)C4)C3)nc2c1. The van der Waals surface area contributed by atoms with E-state index in [4.69, 9.17) is 4.98 Å². The number of nitrogens with zero attached hydrogens (tertiary/aromatic N) is 1. The molecule has 1 amide bonds. The van der Waals surface area contributed by atoms with E-state index in [1.165, 1.54) is 15.3 Å². The van der Waals surface area contributed by atoms with E-state index in [0.717, 1.165) is 31.2 Å². The number of fused-ring (bicyclic) bond motifs is 1. The van der Waals surface area contributed by atoms with Crippen LogP contribution in [0, 0.1) is 12.3 Å². The Labute approximate surface area is 162 Å². The molecule has 2 heterocycles. The quantitative estimate of drug-likeness (QED) is 0.821. The summed E-state index contributed by atoms with van der Waals surface area (Å²) in [5, 5.41) is 4.27. The minimum Gasteiger partial charge on any atom is -0.352 e. The number of nitrogens with one attached hydrogen (secondary N) is 2. The molecule has 1 aromatic carbocycles. The maximum absolute atomic E-state index is 12.2. The Bertz CT molecular complexity index is 1020. The molecule has 0 radical (unpaired) electrons. The fourth-order valence-corrected chi connectivity index (χ4v) is 7.28. The molecule has 2 N–H and O–H groups in total. The molecule has 1 spiro atoms. The second-order valence-corrected chi connectivity index (χ2v) is 11.5. The van der Waals surface area contributed by atoms with Crippen LogP contribution in [-0.4, -0.2) is 37.1 Å². The first-order chi connectivity index (χ1) is 12.8. The van der Waals surface area contributed by atoms with Gasteiger partial charge in [-0.05, 0) is 62.1 Å². The molecule has 5 rings (SSSR count). The molecule has 0 bridgehead atoms. The zero-order chi connectivity index (χ0) is 18.8. The lowest BCUT2D eigenvalue weighted by Crippen LogP contribution is -2.57. The molecule has 6 nitrogen and oxygen atoms in total. The van der Waals surface area contributed by atoms with E-state index in [0.29, 0.717) is 17.8 Å². The van der Waals surface area contributed by atoms with Gasteiger partial charge >= 0.3 is 0 Å². The van der Waals surface area contributed by atoms with E-state index in [-0.39, 0.29) is 17.7 Å². The molecule has 1 unspecified atom stereocenters. The van der Waals surface area contributed by atoms with Gasteiger partial charge in [0.1, 0.15) is 6.04 Å². The Balaban J connectivity index is 1.15. The summed E-state index contributed by atoms with van der Waals surface area (Å²) >= 11 is 1.81. The lowest BCUT2D eigenvalue weighted by Gasteiger charge is -2.57. The van der Waals surface area contributed by atoms with Crippen LogP contribution in [-0.2, 0) is 14.8 Å². The van der Waals surface area contributed by atoms with Crippen LogP contribution in [0.2, 0.25) is 0 Å². The van der Waals surface area contributed by atoms with E-state index in [1.54, 1.807) is 0 Å². The van der Waals surface area contributed by atoms with Crippen molar-refractivity contribution >= 4 is 37.5 Å². The standard InChI is InChI=1S/C19H23N3O3S2/c1-11-2-3-16-15(6-11)21-18(26-16)12-7-19(8-12)9-13(10-19)20-17(23)14-4-5-27(24,25)22-14/h2-3,6,12-14,22H,4-5,7-10H2,1H3,(H,20,23). The predicted molar refractivity (Wildman–Crippen MR) is 105 cm³/mol. The predicted octanol–water partition coefficient (Wildman–Crippen LogP) is 2.44. The average molecular weight is 406 g/mol. The summed E-state index contributed by atoms with van der Waals surface area (Å²) in [4.78, 5) is 17.1. The number of benzene rings is 1. The molecule has 1 saturated heterocycles. The monoisotopic (exact) mass is 405 g/mol. The van der Waals surface area contributed by atoms with Gasteiger partial charge in [0.25, 0.3) is 0 Å². The Morgan fingerprint density at radius 2 is 2.07 bits per heavy atom. The van der Waals surface area contributed by atoms with Crippen LogP contribution >= 0.6 is 11.3 Å². The fraction of sp³-hybridized carbons (Fsp3) is 0.579. The van der Waals surface area contributed by atoms with E-state index >= 15 is 0 Å². The zero-order valence-electron chi connectivity index (χ0n) is 15.2. The molecule has 1 aliphatic heterocycles. The summed E-state index contributed by atoms with van der Waals surface area (Å²) in [7, 11) is -3.25. The number of aryl methyl sites for hydroxylation is 1. The molecule has 27 heavy (non-hydrogen) atoms. The smallest absolute Gasteiger partial charge is 0.238 e. The maximum atomic E-state index is 12.2. The summed E-state index contributed by atoms with van der Waals surface area (Å²) in [5.74, 6) is 0.414. The second kappa shape index (κ2) is 5.99. The number of carbonyl (C=O) groups excluding carboxylic acids is 1. The van der Waals surface area contributed by atoms with Gasteiger partial charge in [0, 0.05) is 12.0 Å². The molecule has 2 aromatic rings. The number of hydrogen-bond acceptors (Lipinski definition) is 5. The number of carbonyl (C=O) groups is 1. The number of thiazole rings is 1. The highest BCUT2D eigenvalue weighted by Crippen LogP contribution is 2.62. The highest BCUT2D eigenvalue weighted by Gasteiger charge is 2.54. The van der Waals surface area contributed by atoms with Crippen molar-refractivity contribution < 1.29 is 13.2 Å². The molecular formula is C19H23N3O3S2. The van der Waals surface area contributed by atoms with Crippen molar-refractivity contribution in [1.29, 1.82) is 0 Å². The van der Waals surface area contributed by atoms with Crippen molar-refractivity contribution in [3.05, 3.63) is 28.8 Å². The van der Waals surface area contributed by atoms with Gasteiger partial charge in [0.15, 0.2) is 0 Å². The minimum atomic E-state index is -3.25. The zero-order valence-corrected chi connectivity index (χ0v) is 16.8. The van der Waals surface area contributed by atoms with Crippen molar-refractivity contribution in [2.24, 2.45) is 5.41 Å². The Morgan fingerprint density at radius 1 is 1.30 bits per heavy atom. The van der Waals surface area contributed by atoms with Crippen LogP contribution in [0.3, 0.4) is 0 Å². The van der Waals surface area contributed by atoms with E-state index in [9.17, 15) is 13.2 Å². The molecule has 1 aromatic heterocycles. The third-order valence-corrected chi connectivity index (χ3v) is 8.90. The van der Waals surface area contributed by atoms with E-state index in [1.807, 2.05) is 11.3 Å². The van der Waals surface area contributed by atoms with Crippen LogP contribution < -0.4 is 10.0 Å². The van der Waals surface area contributed by atoms with Crippen molar-refractivity contribution in [3.63, 3.8) is 0 Å². The van der Waals surface area contributed by atoms with Gasteiger partial charge in [0.05, 0.1) is 21.0 Å². The molecule has 144 valence electrons. The molecule has 2 aliphatic carbocycles. The first-order valence-electron chi connectivity index (χ1n) is 9.48. The summed E-state index contributed by atoms with van der Waals surface area (Å²) < 4.78 is 26.6. The third kappa shape index (κ3) is 3.17. The van der Waals surface area contributed by atoms with E-state index < -0.39 is 16.1 Å². The van der Waals surface area contributed by atoms with Gasteiger partial charge in [-0.25, -0.2) is 18.1 Å². The van der Waals surface area contributed by atoms with Crippen molar-refractivity contribution in [3.8, 4) is 0 Å². The number of sulfonamides is 1. The second-order valence-electron chi connectivity index (χ2n) is 8.52. The summed E-state index contributed by atoms with van der Waals surface area (Å²) in [6, 6.07) is 6.03. The summed E-state index contributed by atoms with van der Waals surface area (Å²) in [5.41, 5.74) is 2.70. The van der Waals surface area contributed by atoms with Crippen molar-refractivity contribution in [2.75, 3.05) is 5.75 Å². The van der Waals surface area contributed by atoms with Gasteiger partial charge in [-0.2, -0.15) is 0 Å². The van der Waals surface area contributed by atoms with Gasteiger partial charge < -0.3 is 5.32 Å². The topological polar surface area (TPSA) is 88.2 Å². The average Bonchev–Trinajstić information content (AvgIpc) is 3.10. The normalized spacial score (nSPS) is 34.3. The highest BCUT2D eigenvalue weighted by molar-refractivity contribution is 7.89. The van der Waals surface area contributed by atoms with E-state index in [2.05, 4.69) is 35.2 Å². The molecular weight excluding hydrogens is 382 g/mol. The highest BCUT2D eigenvalue weighted by atomic mass is 32.2. The Kier molecular flexibility index (Phi) is 3.90. The third-order valence-electron chi connectivity index (χ3n) is 6.29. The lowest BCUT2D eigenvalue weighted by atomic mass is 9.50. The number of hydrogen-bond donors (Lipinski definition) is 2. The summed E-state index contributed by atoms with van der Waals surface area (Å²) in [6.07, 6.45) is 4.66. The lowest BCUT2D eigenvalue weighted by molar-refractivity contribution is -0.126. The number of aromatic nitrogens is 1. The van der Waals surface area contributed by atoms with Crippen LogP contribution in [0.1, 0.15) is 48.6 Å². The fourth-order valence-electron chi connectivity index (χ4n) is 4.91. The minimum absolute atomic E-state index is 0.0447. The first-order valence-corrected chi connectivity index (χ1v) is 12.0. The van der Waals surface area contributed by atoms with Gasteiger partial charge in [-0.1, -0.05) is 6.07 Å². The Morgan fingerprint density at radius 3 is 2.78 bits per heavy atom. The molecule has 8 heteroatoms. The molecule has 3 fully saturated rings. The number of amides is 1. The van der Waals surface area contributed by atoms with Crippen LogP contribution in [0.25, 0.3) is 10.2 Å². The van der Waals surface area contributed by atoms with Crippen molar-refractivity contribution in [1.82, 2.24) is 15.0 Å². The summed E-state index contributed by atoms with van der Waals surface area (Å²) in [6.45, 7) is 2.09. The van der Waals surface area contributed by atoms with Crippen LogP contribution in [0.15, 0.2) is 18.2 Å². The van der Waals surface area contributed by atoms with Gasteiger partial charge in [0.2, 0.25) is 15.9 Å². The van der Waals surface area contributed by atoms with Gasteiger partial charge in [-0.3, -0.25) is 4.79 Å². The van der Waals surface area contributed by atoms with Crippen molar-refractivity contribution in [2.45, 2.75) is 57.0 Å². The number of rotatable bonds is 3. The molecule has 3 aliphatic rings. The Hall–Kier alpha value is -1.51. The van der Waals surface area contributed by atoms with Gasteiger partial charge in [-0.15, -0.1) is 11.3 Å². The van der Waals surface area contributed by atoms with Crippen LogP contribution in [0.5, 0.6) is 0 Å². The molecule has 2 saturated carbocycles. The van der Waals surface area contributed by atoms with Crippen LogP contribution in [0.4, 0.5) is 0 Å².